The average molecular weight is 348 g/mol. The molecule has 134 valence electrons. The van der Waals surface area contributed by atoms with E-state index in [4.69, 9.17) is 4.74 Å². The van der Waals surface area contributed by atoms with Gasteiger partial charge in [-0.3, -0.25) is 4.79 Å². The summed E-state index contributed by atoms with van der Waals surface area (Å²) in [5.41, 5.74) is 0. The van der Waals surface area contributed by atoms with Crippen molar-refractivity contribution < 1.29 is 17.9 Å². The maximum absolute atomic E-state index is 12.6. The lowest BCUT2D eigenvalue weighted by atomic mass is 9.97. The zero-order valence-electron chi connectivity index (χ0n) is 14.0. The lowest BCUT2D eigenvalue weighted by Gasteiger charge is -2.35. The van der Waals surface area contributed by atoms with Gasteiger partial charge in [0.2, 0.25) is 5.91 Å². The van der Waals surface area contributed by atoms with Crippen LogP contribution in [-0.2, 0) is 19.7 Å². The summed E-state index contributed by atoms with van der Waals surface area (Å²) in [6, 6.07) is 0. The summed E-state index contributed by atoms with van der Waals surface area (Å²) in [5.74, 6) is -0.0522. The Hall–Kier alpha value is -0.740. The molecule has 0 aromatic carbocycles. The van der Waals surface area contributed by atoms with Crippen LogP contribution in [0, 0.1) is 5.92 Å². The summed E-state index contributed by atoms with van der Waals surface area (Å²) in [6.45, 7) is 3.96. The van der Waals surface area contributed by atoms with Gasteiger partial charge >= 0.3 is 0 Å². The predicted molar refractivity (Wildman–Crippen MR) is 87.2 cm³/mol. The summed E-state index contributed by atoms with van der Waals surface area (Å²) in [7, 11) is 0.505. The molecular formula is C14H28N4O4S. The third kappa shape index (κ3) is 5.12. The number of ether oxygens (including phenoxy) is 1. The summed E-state index contributed by atoms with van der Waals surface area (Å²) in [5, 5.41) is 2.93. The predicted octanol–water partition coefficient (Wildman–Crippen LogP) is -1.05. The highest BCUT2D eigenvalue weighted by atomic mass is 32.2. The highest BCUT2D eigenvalue weighted by molar-refractivity contribution is 7.86. The smallest absolute Gasteiger partial charge is 0.282 e. The van der Waals surface area contributed by atoms with E-state index in [1.54, 1.807) is 0 Å². The fourth-order valence-electron chi connectivity index (χ4n) is 2.84. The van der Waals surface area contributed by atoms with E-state index < -0.39 is 10.2 Å². The van der Waals surface area contributed by atoms with Crippen molar-refractivity contribution in [3.63, 3.8) is 0 Å². The van der Waals surface area contributed by atoms with E-state index >= 15 is 0 Å². The van der Waals surface area contributed by atoms with Crippen LogP contribution in [0.25, 0.3) is 0 Å². The van der Waals surface area contributed by atoms with Crippen molar-refractivity contribution in [1.29, 1.82) is 0 Å². The Labute approximate surface area is 138 Å². The molecule has 0 aromatic rings. The molecule has 2 fully saturated rings. The topological polar surface area (TPSA) is 82.2 Å². The first kappa shape index (κ1) is 18.6. The van der Waals surface area contributed by atoms with E-state index in [-0.39, 0.29) is 11.8 Å². The summed E-state index contributed by atoms with van der Waals surface area (Å²) in [4.78, 5) is 14.1. The number of carbonyl (C=O) groups excluding carboxylic acids is 1. The first-order valence-corrected chi connectivity index (χ1v) is 9.56. The molecule has 2 aliphatic rings. The second kappa shape index (κ2) is 8.39. The number of hydrogen-bond acceptors (Lipinski definition) is 5. The molecule has 0 radical (unpaired) electrons. The number of morpholine rings is 1. The highest BCUT2D eigenvalue weighted by Gasteiger charge is 2.35. The Kier molecular flexibility index (Phi) is 6.78. The molecular weight excluding hydrogens is 320 g/mol. The van der Waals surface area contributed by atoms with Gasteiger partial charge < -0.3 is 15.0 Å². The van der Waals surface area contributed by atoms with Crippen LogP contribution in [0.3, 0.4) is 0 Å². The van der Waals surface area contributed by atoms with Crippen LogP contribution >= 0.6 is 0 Å². The van der Waals surface area contributed by atoms with Crippen LogP contribution in [0.4, 0.5) is 0 Å². The molecule has 2 rings (SSSR count). The van der Waals surface area contributed by atoms with E-state index in [1.165, 1.54) is 8.61 Å². The summed E-state index contributed by atoms with van der Waals surface area (Å²) < 4.78 is 33.3. The van der Waals surface area contributed by atoms with Crippen LogP contribution in [0.15, 0.2) is 0 Å². The Morgan fingerprint density at radius 2 is 1.70 bits per heavy atom. The molecule has 0 aromatic heterocycles. The number of likely N-dealkylation sites (N-methyl/N-ethyl adjacent to an activating group) is 1. The zero-order valence-corrected chi connectivity index (χ0v) is 14.8. The second-order valence-electron chi connectivity index (χ2n) is 6.29. The van der Waals surface area contributed by atoms with Crippen LogP contribution in [0.5, 0.6) is 0 Å². The number of nitrogens with one attached hydrogen (secondary N) is 1. The first-order valence-electron chi connectivity index (χ1n) is 8.16. The van der Waals surface area contributed by atoms with Crippen molar-refractivity contribution in [2.75, 3.05) is 66.6 Å². The molecule has 1 N–H and O–H groups in total. The zero-order chi connectivity index (χ0) is 16.9. The molecule has 2 saturated heterocycles. The summed E-state index contributed by atoms with van der Waals surface area (Å²) in [6.07, 6.45) is 1.16. The molecule has 1 amide bonds. The van der Waals surface area contributed by atoms with Crippen molar-refractivity contribution in [1.82, 2.24) is 18.8 Å². The minimum Gasteiger partial charge on any atom is -0.379 e. The minimum absolute atomic E-state index is 0.0373. The molecule has 2 heterocycles. The molecule has 0 unspecified atom stereocenters. The van der Waals surface area contributed by atoms with Crippen molar-refractivity contribution in [3.8, 4) is 0 Å². The van der Waals surface area contributed by atoms with Gasteiger partial charge in [-0.1, -0.05) is 0 Å². The largest absolute Gasteiger partial charge is 0.379 e. The lowest BCUT2D eigenvalue weighted by molar-refractivity contribution is -0.126. The molecule has 0 bridgehead atoms. The normalized spacial score (nSPS) is 22.4. The molecule has 0 saturated carbocycles. The highest BCUT2D eigenvalue weighted by Crippen LogP contribution is 2.22. The molecule has 2 aliphatic heterocycles. The fraction of sp³-hybridized carbons (Fsp3) is 0.929. The average Bonchev–Trinajstić information content (AvgIpc) is 2.55. The Morgan fingerprint density at radius 1 is 1.13 bits per heavy atom. The number of nitrogens with zero attached hydrogens (tertiary/aromatic N) is 3. The van der Waals surface area contributed by atoms with Crippen LogP contribution in [0.1, 0.15) is 12.8 Å². The van der Waals surface area contributed by atoms with Gasteiger partial charge in [0, 0.05) is 45.2 Å². The molecule has 8 nitrogen and oxygen atoms in total. The van der Waals surface area contributed by atoms with Crippen LogP contribution in [-0.4, -0.2) is 94.4 Å². The maximum atomic E-state index is 12.6. The van der Waals surface area contributed by atoms with Gasteiger partial charge in [-0.25, -0.2) is 0 Å². The maximum Gasteiger partial charge on any atom is 0.282 e. The summed E-state index contributed by atoms with van der Waals surface area (Å²) >= 11 is 0. The monoisotopic (exact) mass is 348 g/mol. The van der Waals surface area contributed by atoms with Gasteiger partial charge in [0.1, 0.15) is 0 Å². The molecule has 0 atom stereocenters. The number of amides is 1. The van der Waals surface area contributed by atoms with Gasteiger partial charge in [-0.15, -0.1) is 0 Å². The minimum atomic E-state index is -3.41. The van der Waals surface area contributed by atoms with Crippen LogP contribution in [0.2, 0.25) is 0 Å². The van der Waals surface area contributed by atoms with E-state index in [9.17, 15) is 13.2 Å². The van der Waals surface area contributed by atoms with Crippen molar-refractivity contribution in [3.05, 3.63) is 0 Å². The van der Waals surface area contributed by atoms with E-state index in [0.29, 0.717) is 58.8 Å². The molecule has 0 spiro atoms. The second-order valence-corrected chi connectivity index (χ2v) is 8.22. The number of hydrogen-bond donors (Lipinski definition) is 1. The number of carbonyl (C=O) groups is 1. The Bertz CT molecular complexity index is 483. The third-order valence-electron chi connectivity index (χ3n) is 4.31. The van der Waals surface area contributed by atoms with Gasteiger partial charge in [0.05, 0.1) is 13.2 Å². The van der Waals surface area contributed by atoms with Crippen LogP contribution < -0.4 is 5.32 Å². The number of rotatable bonds is 6. The van der Waals surface area contributed by atoms with Gasteiger partial charge in [0.25, 0.3) is 10.2 Å². The first-order chi connectivity index (χ1) is 10.9. The van der Waals surface area contributed by atoms with E-state index in [1.807, 2.05) is 19.0 Å². The SMILES string of the molecule is CN(C)CCNC(=O)C1CCN(S(=O)(=O)N2CCOCC2)CC1. The van der Waals surface area contributed by atoms with Gasteiger partial charge in [0.15, 0.2) is 0 Å². The van der Waals surface area contributed by atoms with Gasteiger partial charge in [-0.2, -0.15) is 17.0 Å². The lowest BCUT2D eigenvalue weighted by Crippen LogP contribution is -2.51. The van der Waals surface area contributed by atoms with Crippen molar-refractivity contribution in [2.45, 2.75) is 12.8 Å². The Morgan fingerprint density at radius 3 is 2.26 bits per heavy atom. The third-order valence-corrected chi connectivity index (χ3v) is 6.34. The molecule has 9 heteroatoms. The van der Waals surface area contributed by atoms with Crippen molar-refractivity contribution >= 4 is 16.1 Å². The van der Waals surface area contributed by atoms with E-state index in [2.05, 4.69) is 5.32 Å². The molecule has 23 heavy (non-hydrogen) atoms. The Balaban J connectivity index is 1.79. The quantitative estimate of drug-likeness (QED) is 0.663. The van der Waals surface area contributed by atoms with Crippen molar-refractivity contribution in [2.24, 2.45) is 5.92 Å². The van der Waals surface area contributed by atoms with E-state index in [0.717, 1.165) is 6.54 Å². The van der Waals surface area contributed by atoms with Gasteiger partial charge in [-0.05, 0) is 26.9 Å². The fourth-order valence-corrected chi connectivity index (χ4v) is 4.45. The standard InChI is InChI=1S/C14H28N4O4S/c1-16(2)8-5-15-14(19)13-3-6-17(7-4-13)23(20,21)18-9-11-22-12-10-18/h13H,3-12H2,1-2H3,(H,15,19). The number of piperidine rings is 1. The molecule has 0 aliphatic carbocycles.